The maximum atomic E-state index is 11.1. The molecular weight excluding hydrogens is 202 g/mol. The van der Waals surface area contributed by atoms with Crippen molar-refractivity contribution >= 4 is 0 Å². The van der Waals surface area contributed by atoms with Gasteiger partial charge < -0.3 is 13.4 Å². The molecule has 6 heteroatoms. The van der Waals surface area contributed by atoms with Crippen LogP contribution in [-0.4, -0.2) is 5.16 Å². The zero-order chi connectivity index (χ0) is 10.7. The molecule has 0 saturated carbocycles. The fourth-order valence-corrected chi connectivity index (χ4v) is 0.911. The molecule has 15 heavy (non-hydrogen) atoms. The van der Waals surface area contributed by atoms with Crippen LogP contribution in [0.5, 0.6) is 0 Å². The first-order valence-corrected chi connectivity index (χ1v) is 3.98. The highest BCUT2D eigenvalue weighted by molar-refractivity contribution is 5.40. The lowest BCUT2D eigenvalue weighted by Crippen LogP contribution is -2.01. The zero-order valence-electron chi connectivity index (χ0n) is 7.38. The Hall–Kier alpha value is -2.37. The molecular formula is C9H5NO5. The summed E-state index contributed by atoms with van der Waals surface area (Å²) in [5.41, 5.74) is -1.40. The minimum absolute atomic E-state index is 0.0199. The molecule has 2 aliphatic heterocycles. The summed E-state index contributed by atoms with van der Waals surface area (Å²) in [6, 6.07) is 4.77. The van der Waals surface area contributed by atoms with Gasteiger partial charge in [-0.05, 0) is 17.3 Å². The van der Waals surface area contributed by atoms with E-state index in [0.717, 1.165) is 12.1 Å². The second-order valence-electron chi connectivity index (χ2n) is 2.54. The molecule has 6 nitrogen and oxygen atoms in total. The normalized spacial score (nSPS) is 9.87. The lowest BCUT2D eigenvalue weighted by atomic mass is 10.4. The molecule has 0 atom stereocenters. The quantitative estimate of drug-likeness (QED) is 0.635. The van der Waals surface area contributed by atoms with Crippen LogP contribution < -0.4 is 11.3 Å². The smallest absolute Gasteiger partial charge is 0.337 e. The Kier molecular flexibility index (Phi) is 2.32. The van der Waals surface area contributed by atoms with Gasteiger partial charge in [0.15, 0.2) is 5.76 Å². The van der Waals surface area contributed by atoms with E-state index >= 15 is 0 Å². The van der Waals surface area contributed by atoms with Gasteiger partial charge in [0.05, 0.1) is 0 Å². The number of rotatable bonds is 0. The van der Waals surface area contributed by atoms with E-state index in [1.807, 2.05) is 0 Å². The largest absolute Gasteiger partial charge is 0.417 e. The van der Waals surface area contributed by atoms with Crippen LogP contribution in [0.2, 0.25) is 0 Å². The van der Waals surface area contributed by atoms with Crippen molar-refractivity contribution in [3.05, 3.63) is 51.4 Å². The van der Waals surface area contributed by atoms with Gasteiger partial charge in [-0.2, -0.15) is 0 Å². The van der Waals surface area contributed by atoms with E-state index in [0.29, 0.717) is 0 Å². The molecule has 0 unspecified atom stereocenters. The van der Waals surface area contributed by atoms with Gasteiger partial charge in [0.1, 0.15) is 6.26 Å². The third-order valence-electron chi connectivity index (χ3n) is 1.50. The third-order valence-corrected chi connectivity index (χ3v) is 1.50. The Morgan fingerprint density at radius 1 is 1.00 bits per heavy atom. The van der Waals surface area contributed by atoms with Gasteiger partial charge >= 0.3 is 17.1 Å². The summed E-state index contributed by atoms with van der Waals surface area (Å²) in [5, 5.41) is 3.44. The number of hydrogen-bond acceptors (Lipinski definition) is 6. The molecule has 0 bridgehead atoms. The van der Waals surface area contributed by atoms with E-state index in [1.165, 1.54) is 18.4 Å². The molecule has 2 rings (SSSR count). The van der Waals surface area contributed by atoms with Gasteiger partial charge in [-0.15, -0.1) is 0 Å². The third kappa shape index (κ3) is 2.11. The van der Waals surface area contributed by atoms with Crippen molar-refractivity contribution in [3.63, 3.8) is 0 Å². The highest BCUT2D eigenvalue weighted by Gasteiger charge is 2.05. The average Bonchev–Trinajstić information content (AvgIpc) is 2.40. The van der Waals surface area contributed by atoms with E-state index < -0.39 is 11.3 Å². The first kappa shape index (κ1) is 9.20. The summed E-state index contributed by atoms with van der Waals surface area (Å²) in [6.07, 6.45) is 1.25. The van der Waals surface area contributed by atoms with Crippen LogP contribution >= 0.6 is 0 Å². The van der Waals surface area contributed by atoms with Gasteiger partial charge in [-0.3, -0.25) is 0 Å². The Labute approximate surface area is 82.4 Å². The minimum Gasteiger partial charge on any atom is -0.417 e. The van der Waals surface area contributed by atoms with E-state index in [2.05, 4.69) is 9.68 Å². The zero-order valence-corrected chi connectivity index (χ0v) is 7.38. The maximum absolute atomic E-state index is 11.1. The molecule has 2 heterocycles. The molecule has 0 aliphatic carbocycles. The van der Waals surface area contributed by atoms with E-state index in [-0.39, 0.29) is 11.7 Å². The predicted molar refractivity (Wildman–Crippen MR) is 47.8 cm³/mol. The minimum atomic E-state index is -0.721. The van der Waals surface area contributed by atoms with Crippen molar-refractivity contribution in [1.29, 1.82) is 0 Å². The molecule has 0 spiro atoms. The standard InChI is InChI=1S/C9H5NO5/c11-7-3-4-8(12)15-9-6(14-7)2-1-5-13-10-9/h1-5H. The number of aromatic nitrogens is 1. The Balaban J connectivity index is 2.92. The van der Waals surface area contributed by atoms with Crippen LogP contribution in [0.3, 0.4) is 0 Å². The van der Waals surface area contributed by atoms with Crippen LogP contribution in [0.25, 0.3) is 11.7 Å². The van der Waals surface area contributed by atoms with Crippen molar-refractivity contribution in [1.82, 2.24) is 5.16 Å². The summed E-state index contributed by atoms with van der Waals surface area (Å²) in [7, 11) is 0. The molecule has 0 saturated heterocycles. The van der Waals surface area contributed by atoms with Crippen LogP contribution in [0.15, 0.2) is 53.5 Å². The molecule has 0 aromatic heterocycles. The first-order chi connectivity index (χ1) is 7.25. The molecule has 0 amide bonds. The van der Waals surface area contributed by atoms with Crippen LogP contribution in [0.4, 0.5) is 0 Å². The number of hydrogen-bond donors (Lipinski definition) is 0. The summed E-state index contributed by atoms with van der Waals surface area (Å²) >= 11 is 0. The van der Waals surface area contributed by atoms with Crippen LogP contribution in [0.1, 0.15) is 0 Å². The topological polar surface area (TPSA) is 86.5 Å². The second-order valence-corrected chi connectivity index (χ2v) is 2.54. The summed E-state index contributed by atoms with van der Waals surface area (Å²) in [6.45, 7) is 0. The molecule has 76 valence electrons. The summed E-state index contributed by atoms with van der Waals surface area (Å²) in [5.74, 6) is -0.172. The van der Waals surface area contributed by atoms with E-state index in [9.17, 15) is 9.59 Å². The molecule has 0 aromatic carbocycles. The number of nitrogens with zero attached hydrogens (tertiary/aromatic N) is 1. The summed E-state index contributed by atoms with van der Waals surface area (Å²) < 4.78 is 14.2. The fourth-order valence-electron chi connectivity index (χ4n) is 0.911. The van der Waals surface area contributed by atoms with Gasteiger partial charge in [-0.1, -0.05) is 0 Å². The van der Waals surface area contributed by atoms with E-state index in [4.69, 9.17) is 8.83 Å². The Morgan fingerprint density at radius 2 is 1.73 bits per heavy atom. The Bertz CT molecular complexity index is 540. The van der Waals surface area contributed by atoms with Crippen LogP contribution in [0, 0.1) is 0 Å². The lowest BCUT2D eigenvalue weighted by molar-refractivity contribution is 0.360. The van der Waals surface area contributed by atoms with Crippen molar-refractivity contribution < 1.29 is 13.4 Å². The predicted octanol–water partition coefficient (Wildman–Crippen LogP) is 0.810. The number of fused-ring (bicyclic) bond motifs is 1. The van der Waals surface area contributed by atoms with Gasteiger partial charge in [0, 0.05) is 12.1 Å². The van der Waals surface area contributed by atoms with E-state index in [1.54, 1.807) is 0 Å². The maximum Gasteiger partial charge on any atom is 0.337 e. The highest BCUT2D eigenvalue weighted by atomic mass is 16.5. The monoisotopic (exact) mass is 207 g/mol. The summed E-state index contributed by atoms with van der Waals surface area (Å²) in [4.78, 5) is 22.1. The van der Waals surface area contributed by atoms with Gasteiger partial charge in [0.2, 0.25) is 0 Å². The molecule has 2 aliphatic rings. The van der Waals surface area contributed by atoms with Crippen molar-refractivity contribution in [2.24, 2.45) is 0 Å². The van der Waals surface area contributed by atoms with Crippen LogP contribution in [-0.2, 0) is 0 Å². The first-order valence-electron chi connectivity index (χ1n) is 3.98. The van der Waals surface area contributed by atoms with Crippen molar-refractivity contribution in [3.8, 4) is 11.7 Å². The molecule has 0 radical (unpaired) electrons. The van der Waals surface area contributed by atoms with Crippen molar-refractivity contribution in [2.75, 3.05) is 0 Å². The lowest BCUT2D eigenvalue weighted by Gasteiger charge is -1.89. The Morgan fingerprint density at radius 3 is 2.53 bits per heavy atom. The second kappa shape index (κ2) is 3.79. The van der Waals surface area contributed by atoms with Gasteiger partial charge in [0.25, 0.3) is 0 Å². The molecule has 0 fully saturated rings. The van der Waals surface area contributed by atoms with Gasteiger partial charge in [-0.25, -0.2) is 9.59 Å². The molecule has 0 aromatic rings. The SMILES string of the molecule is O=c1ccc(=O)oc2nocccc-2o1. The molecule has 0 N–H and O–H groups in total. The highest BCUT2D eigenvalue weighted by Crippen LogP contribution is 2.10. The fraction of sp³-hybridized carbons (Fsp3) is 0. The average molecular weight is 207 g/mol. The van der Waals surface area contributed by atoms with Crippen molar-refractivity contribution in [2.45, 2.75) is 0 Å².